The fourth-order valence-electron chi connectivity index (χ4n) is 6.15. The number of carbonyl (C=O) groups is 3. The molecule has 0 radical (unpaired) electrons. The zero-order chi connectivity index (χ0) is 46.5. The highest BCUT2D eigenvalue weighted by Gasteiger charge is 2.19. The number of esters is 3. The lowest BCUT2D eigenvalue weighted by Crippen LogP contribution is -2.30. The van der Waals surface area contributed by atoms with E-state index in [0.29, 0.717) is 19.3 Å². The van der Waals surface area contributed by atoms with Gasteiger partial charge in [-0.25, -0.2) is 0 Å². The highest BCUT2D eigenvalue weighted by molar-refractivity contribution is 5.71. The van der Waals surface area contributed by atoms with Crippen molar-refractivity contribution in [3.8, 4) is 0 Å². The van der Waals surface area contributed by atoms with E-state index in [0.717, 1.165) is 116 Å². The van der Waals surface area contributed by atoms with E-state index in [1.54, 1.807) is 0 Å². The lowest BCUT2D eigenvalue weighted by molar-refractivity contribution is -0.167. The Labute approximate surface area is 392 Å². The monoisotopic (exact) mass is 883 g/mol. The molecule has 0 amide bonds. The second-order valence-electron chi connectivity index (χ2n) is 16.0. The highest BCUT2D eigenvalue weighted by Crippen LogP contribution is 2.11. The van der Waals surface area contributed by atoms with E-state index >= 15 is 0 Å². The molecule has 0 aliphatic heterocycles. The summed E-state index contributed by atoms with van der Waals surface area (Å²) in [5.74, 6) is -1.07. The van der Waals surface area contributed by atoms with Crippen LogP contribution in [0.1, 0.15) is 194 Å². The molecule has 0 heterocycles. The molecule has 0 fully saturated rings. The van der Waals surface area contributed by atoms with Gasteiger partial charge in [0.2, 0.25) is 0 Å². The first-order valence-electron chi connectivity index (χ1n) is 25.2. The minimum absolute atomic E-state index is 0.130. The first-order chi connectivity index (χ1) is 31.5. The molecule has 0 rings (SSSR count). The van der Waals surface area contributed by atoms with Crippen molar-refractivity contribution in [2.45, 2.75) is 200 Å². The van der Waals surface area contributed by atoms with Gasteiger partial charge in [-0.2, -0.15) is 0 Å². The molecule has 0 N–H and O–H groups in total. The first-order valence-corrected chi connectivity index (χ1v) is 25.2. The molecule has 6 heteroatoms. The van der Waals surface area contributed by atoms with Crippen LogP contribution in [-0.4, -0.2) is 37.2 Å². The summed E-state index contributed by atoms with van der Waals surface area (Å²) >= 11 is 0. The molecule has 1 atom stereocenters. The minimum Gasteiger partial charge on any atom is -0.462 e. The summed E-state index contributed by atoms with van der Waals surface area (Å²) in [6, 6.07) is 0. The van der Waals surface area contributed by atoms with Crippen molar-refractivity contribution in [2.24, 2.45) is 0 Å². The van der Waals surface area contributed by atoms with Crippen LogP contribution in [0, 0.1) is 0 Å². The molecule has 0 aromatic carbocycles. The zero-order valence-electron chi connectivity index (χ0n) is 40.7. The topological polar surface area (TPSA) is 78.9 Å². The van der Waals surface area contributed by atoms with Crippen LogP contribution in [0.5, 0.6) is 0 Å². The second kappa shape index (κ2) is 51.2. The highest BCUT2D eigenvalue weighted by atomic mass is 16.6. The van der Waals surface area contributed by atoms with E-state index in [2.05, 4.69) is 154 Å². The molecule has 0 aromatic rings. The lowest BCUT2D eigenvalue weighted by Gasteiger charge is -2.18. The van der Waals surface area contributed by atoms with Crippen LogP contribution in [0.4, 0.5) is 0 Å². The predicted octanol–water partition coefficient (Wildman–Crippen LogP) is 16.7. The summed E-state index contributed by atoms with van der Waals surface area (Å²) in [4.78, 5) is 37.9. The van der Waals surface area contributed by atoms with Crippen LogP contribution >= 0.6 is 0 Å². The molecule has 0 aliphatic rings. The minimum atomic E-state index is -0.839. The second-order valence-corrected chi connectivity index (χ2v) is 16.0. The third kappa shape index (κ3) is 48.6. The van der Waals surface area contributed by atoms with Crippen molar-refractivity contribution >= 4 is 17.9 Å². The van der Waals surface area contributed by atoms with Crippen LogP contribution in [-0.2, 0) is 28.6 Å². The van der Waals surface area contributed by atoms with Crippen molar-refractivity contribution in [1.29, 1.82) is 0 Å². The quantitative estimate of drug-likeness (QED) is 0.0263. The molecule has 1 unspecified atom stereocenters. The van der Waals surface area contributed by atoms with Crippen molar-refractivity contribution in [3.63, 3.8) is 0 Å². The Balaban J connectivity index is 4.61. The van der Waals surface area contributed by atoms with E-state index in [1.807, 2.05) is 0 Å². The average molecular weight is 883 g/mol. The van der Waals surface area contributed by atoms with Gasteiger partial charge < -0.3 is 14.2 Å². The van der Waals surface area contributed by atoms with Crippen LogP contribution in [0.3, 0.4) is 0 Å². The number of rotatable bonds is 43. The van der Waals surface area contributed by atoms with Gasteiger partial charge in [0, 0.05) is 19.3 Å². The largest absolute Gasteiger partial charge is 0.462 e. The molecule has 0 aromatic heterocycles. The van der Waals surface area contributed by atoms with Crippen molar-refractivity contribution in [3.05, 3.63) is 134 Å². The molecule has 0 spiro atoms. The summed E-state index contributed by atoms with van der Waals surface area (Å²) in [6.07, 6.45) is 71.6. The standard InChI is InChI=1S/C58H90O6/c1-4-7-10-13-16-19-22-25-27-29-31-33-36-39-42-45-48-51-57(60)63-54-55(53-62-56(59)50-47-44-41-38-35-24-21-18-15-12-9-6-3)64-58(61)52-49-46-43-40-37-34-32-30-28-26-23-20-17-14-11-8-5-2/h7,9-10,12,16-21,25-28,31-34,39-40,42-43,55H,4-6,8,11,13-15,22-24,29-30,35-38,41,44-54H2,1-3H3/b10-7-,12-9-,19-16-,20-17-,21-18-,27-25-,28-26-,33-31-,34-32-,42-39-,43-40-. The van der Waals surface area contributed by atoms with Crippen LogP contribution in [0.25, 0.3) is 0 Å². The summed E-state index contributed by atoms with van der Waals surface area (Å²) < 4.78 is 16.7. The predicted molar refractivity (Wildman–Crippen MR) is 274 cm³/mol. The summed E-state index contributed by atoms with van der Waals surface area (Å²) in [6.45, 7) is 6.25. The summed E-state index contributed by atoms with van der Waals surface area (Å²) in [5.41, 5.74) is 0. The van der Waals surface area contributed by atoms with Gasteiger partial charge in [-0.1, -0.05) is 187 Å². The van der Waals surface area contributed by atoms with Crippen molar-refractivity contribution in [2.75, 3.05) is 13.2 Å². The first kappa shape index (κ1) is 59.5. The van der Waals surface area contributed by atoms with Gasteiger partial charge in [-0.15, -0.1) is 0 Å². The number of allylic oxidation sites excluding steroid dienone is 22. The van der Waals surface area contributed by atoms with E-state index < -0.39 is 12.1 Å². The molecule has 358 valence electrons. The van der Waals surface area contributed by atoms with Gasteiger partial charge in [0.05, 0.1) is 0 Å². The Morgan fingerprint density at radius 1 is 0.328 bits per heavy atom. The van der Waals surface area contributed by atoms with E-state index in [9.17, 15) is 14.4 Å². The third-order valence-electron chi connectivity index (χ3n) is 9.87. The summed E-state index contributed by atoms with van der Waals surface area (Å²) in [7, 11) is 0. The Hall–Kier alpha value is -4.45. The van der Waals surface area contributed by atoms with Gasteiger partial charge in [0.15, 0.2) is 6.10 Å². The summed E-state index contributed by atoms with van der Waals surface area (Å²) in [5, 5.41) is 0. The van der Waals surface area contributed by atoms with Crippen molar-refractivity contribution < 1.29 is 28.6 Å². The smallest absolute Gasteiger partial charge is 0.306 e. The Kier molecular flexibility index (Phi) is 47.6. The fraction of sp³-hybridized carbons (Fsp3) is 0.569. The maximum Gasteiger partial charge on any atom is 0.306 e. The number of carbonyl (C=O) groups excluding carboxylic acids is 3. The van der Waals surface area contributed by atoms with Gasteiger partial charge in [-0.3, -0.25) is 14.4 Å². The molecular weight excluding hydrogens is 793 g/mol. The molecule has 0 aliphatic carbocycles. The number of hydrogen-bond donors (Lipinski definition) is 0. The Morgan fingerprint density at radius 2 is 0.625 bits per heavy atom. The van der Waals surface area contributed by atoms with E-state index in [1.165, 1.54) is 25.7 Å². The maximum atomic E-state index is 12.8. The van der Waals surface area contributed by atoms with Crippen LogP contribution in [0.2, 0.25) is 0 Å². The molecule has 6 nitrogen and oxygen atoms in total. The molecule has 0 bridgehead atoms. The van der Waals surface area contributed by atoms with Crippen LogP contribution < -0.4 is 0 Å². The SMILES string of the molecule is CC/C=C\C/C=C\C/C=C\C/C=C\C/C=C\CCCC(=O)OCC(COC(=O)CCCCCCC/C=C\C/C=C\CC)OC(=O)CCC/C=C\C/C=C\C/C=C\C/C=C\CCCCC. The fourth-order valence-corrected chi connectivity index (χ4v) is 6.15. The van der Waals surface area contributed by atoms with Crippen LogP contribution in [0.15, 0.2) is 134 Å². The van der Waals surface area contributed by atoms with E-state index in [-0.39, 0.29) is 38.0 Å². The zero-order valence-corrected chi connectivity index (χ0v) is 40.7. The van der Waals surface area contributed by atoms with Gasteiger partial charge >= 0.3 is 17.9 Å². The van der Waals surface area contributed by atoms with Gasteiger partial charge in [0.1, 0.15) is 13.2 Å². The van der Waals surface area contributed by atoms with Gasteiger partial charge in [-0.05, 0) is 122 Å². The Morgan fingerprint density at radius 3 is 1.02 bits per heavy atom. The Bertz CT molecular complexity index is 1430. The molecule has 0 saturated carbocycles. The maximum absolute atomic E-state index is 12.8. The van der Waals surface area contributed by atoms with E-state index in [4.69, 9.17) is 14.2 Å². The lowest BCUT2D eigenvalue weighted by atomic mass is 10.1. The number of hydrogen-bond acceptors (Lipinski definition) is 6. The number of ether oxygens (including phenoxy) is 3. The van der Waals surface area contributed by atoms with Crippen molar-refractivity contribution in [1.82, 2.24) is 0 Å². The molecule has 0 saturated heterocycles. The van der Waals surface area contributed by atoms with Gasteiger partial charge in [0.25, 0.3) is 0 Å². The third-order valence-corrected chi connectivity index (χ3v) is 9.87. The normalized spacial score (nSPS) is 13.2. The molecular formula is C58H90O6. The average Bonchev–Trinajstić information content (AvgIpc) is 3.29. The molecule has 64 heavy (non-hydrogen) atoms. The number of unbranched alkanes of at least 4 members (excludes halogenated alkanes) is 10.